The molecule has 3 nitrogen and oxygen atoms in total. The Morgan fingerprint density at radius 3 is 2.52 bits per heavy atom. The molecule has 1 unspecified atom stereocenters. The van der Waals surface area contributed by atoms with E-state index in [1.807, 2.05) is 19.1 Å². The van der Waals surface area contributed by atoms with Gasteiger partial charge < -0.3 is 10.2 Å². The van der Waals surface area contributed by atoms with Crippen LogP contribution in [0, 0.1) is 11.7 Å². The molecule has 1 amide bonds. The molecule has 1 aliphatic heterocycles. The quantitative estimate of drug-likeness (QED) is 0.806. The Morgan fingerprint density at radius 1 is 1.11 bits per heavy atom. The number of carbonyl (C=O) groups is 1. The Balaban J connectivity index is 1.38. The first-order chi connectivity index (χ1) is 13.1. The zero-order valence-electron chi connectivity index (χ0n) is 16.0. The predicted molar refractivity (Wildman–Crippen MR) is 107 cm³/mol. The normalized spacial score (nSPS) is 16.8. The van der Waals surface area contributed by atoms with Gasteiger partial charge in [-0.1, -0.05) is 49.4 Å². The minimum absolute atomic E-state index is 0.0713. The smallest absolute Gasteiger partial charge is 0.223 e. The van der Waals surface area contributed by atoms with Gasteiger partial charge in [0.15, 0.2) is 0 Å². The summed E-state index contributed by atoms with van der Waals surface area (Å²) in [7, 11) is 0. The summed E-state index contributed by atoms with van der Waals surface area (Å²) in [6.07, 6.45) is 3.63. The monoisotopic (exact) mass is 368 g/mol. The number of amides is 1. The van der Waals surface area contributed by atoms with E-state index in [9.17, 15) is 9.18 Å². The zero-order valence-corrected chi connectivity index (χ0v) is 16.0. The van der Waals surface area contributed by atoms with Crippen molar-refractivity contribution >= 4 is 5.91 Å². The minimum atomic E-state index is -0.247. The zero-order chi connectivity index (χ0) is 19.1. The molecule has 144 valence electrons. The van der Waals surface area contributed by atoms with E-state index in [1.165, 1.54) is 17.7 Å². The number of carbonyl (C=O) groups excluding carboxylic acids is 1. The molecule has 1 saturated heterocycles. The van der Waals surface area contributed by atoms with Crippen molar-refractivity contribution < 1.29 is 9.18 Å². The second kappa shape index (κ2) is 9.65. The van der Waals surface area contributed by atoms with E-state index in [-0.39, 0.29) is 23.7 Å². The third-order valence-corrected chi connectivity index (χ3v) is 5.37. The van der Waals surface area contributed by atoms with Crippen LogP contribution in [0.3, 0.4) is 0 Å². The second-order valence-corrected chi connectivity index (χ2v) is 7.60. The number of hydrogen-bond donors (Lipinski definition) is 1. The lowest BCUT2D eigenvalue weighted by atomic mass is 9.98. The summed E-state index contributed by atoms with van der Waals surface area (Å²) in [5.74, 6) is -0.326. The van der Waals surface area contributed by atoms with Crippen molar-refractivity contribution in [2.24, 2.45) is 5.92 Å². The Kier molecular flexibility index (Phi) is 6.99. The maximum atomic E-state index is 13.3. The van der Waals surface area contributed by atoms with E-state index in [0.29, 0.717) is 6.42 Å². The molecule has 1 N–H and O–H groups in total. The molecule has 0 saturated carbocycles. The average Bonchev–Trinajstić information content (AvgIpc) is 2.68. The highest BCUT2D eigenvalue weighted by atomic mass is 19.1. The van der Waals surface area contributed by atoms with Crippen LogP contribution in [0.1, 0.15) is 30.9 Å². The van der Waals surface area contributed by atoms with Gasteiger partial charge in [0.2, 0.25) is 5.91 Å². The van der Waals surface area contributed by atoms with Crippen LogP contribution in [0.25, 0.3) is 0 Å². The van der Waals surface area contributed by atoms with Crippen LogP contribution < -0.4 is 5.32 Å². The van der Waals surface area contributed by atoms with Gasteiger partial charge in [-0.3, -0.25) is 4.79 Å². The van der Waals surface area contributed by atoms with Crippen molar-refractivity contribution in [2.45, 2.75) is 38.6 Å². The lowest BCUT2D eigenvalue weighted by Crippen LogP contribution is -2.46. The predicted octanol–water partition coefficient (Wildman–Crippen LogP) is 3.83. The highest BCUT2D eigenvalue weighted by molar-refractivity contribution is 5.78. The lowest BCUT2D eigenvalue weighted by molar-refractivity contribution is -0.125. The SMILES string of the molecule is CC(Cc1cccc(F)c1)C(=O)NC1CCN(CCc2ccccc2)CC1. The number of nitrogens with zero attached hydrogens (tertiary/aromatic N) is 1. The van der Waals surface area contributed by atoms with Gasteiger partial charge >= 0.3 is 0 Å². The van der Waals surface area contributed by atoms with Gasteiger partial charge in [0.1, 0.15) is 5.82 Å². The van der Waals surface area contributed by atoms with Crippen molar-refractivity contribution in [3.05, 3.63) is 71.5 Å². The van der Waals surface area contributed by atoms with E-state index < -0.39 is 0 Å². The number of likely N-dealkylation sites (tertiary alicyclic amines) is 1. The van der Waals surface area contributed by atoms with Gasteiger partial charge in [-0.05, 0) is 48.9 Å². The summed E-state index contributed by atoms with van der Waals surface area (Å²) < 4.78 is 13.3. The first-order valence-corrected chi connectivity index (χ1v) is 9.91. The molecule has 1 atom stereocenters. The standard InChI is InChI=1S/C23H29FN2O/c1-18(16-20-8-5-9-21(24)17-20)23(27)25-22-11-14-26(15-12-22)13-10-19-6-3-2-4-7-19/h2-9,17-18,22H,10-16H2,1H3,(H,25,27). The average molecular weight is 368 g/mol. The molecule has 1 heterocycles. The van der Waals surface area contributed by atoms with Crippen LogP contribution in [0.2, 0.25) is 0 Å². The molecule has 4 heteroatoms. The van der Waals surface area contributed by atoms with Crippen molar-refractivity contribution in [2.75, 3.05) is 19.6 Å². The summed E-state index contributed by atoms with van der Waals surface area (Å²) in [6, 6.07) is 17.3. The molecule has 3 rings (SSSR count). The first-order valence-electron chi connectivity index (χ1n) is 9.91. The molecule has 0 aliphatic carbocycles. The van der Waals surface area contributed by atoms with Gasteiger partial charge in [0.05, 0.1) is 0 Å². The molecule has 0 radical (unpaired) electrons. The van der Waals surface area contributed by atoms with Gasteiger partial charge in [0, 0.05) is 31.6 Å². The van der Waals surface area contributed by atoms with E-state index in [2.05, 4.69) is 34.5 Å². The van der Waals surface area contributed by atoms with Crippen molar-refractivity contribution in [3.8, 4) is 0 Å². The highest BCUT2D eigenvalue weighted by Gasteiger charge is 2.22. The fourth-order valence-electron chi connectivity index (χ4n) is 3.69. The molecule has 0 bridgehead atoms. The molecular weight excluding hydrogens is 339 g/mol. The van der Waals surface area contributed by atoms with E-state index in [1.54, 1.807) is 6.07 Å². The molecule has 1 fully saturated rings. The number of halogens is 1. The molecule has 1 aliphatic rings. The van der Waals surface area contributed by atoms with Gasteiger partial charge in [-0.15, -0.1) is 0 Å². The van der Waals surface area contributed by atoms with Crippen molar-refractivity contribution in [1.82, 2.24) is 10.2 Å². The Morgan fingerprint density at radius 2 is 1.81 bits per heavy atom. The number of benzene rings is 2. The first kappa shape index (κ1) is 19.6. The molecule has 0 aromatic heterocycles. The van der Waals surface area contributed by atoms with E-state index in [4.69, 9.17) is 0 Å². The third-order valence-electron chi connectivity index (χ3n) is 5.37. The van der Waals surface area contributed by atoms with Gasteiger partial charge in [-0.2, -0.15) is 0 Å². The lowest BCUT2D eigenvalue weighted by Gasteiger charge is -2.33. The summed E-state index contributed by atoms with van der Waals surface area (Å²) >= 11 is 0. The molecule has 2 aromatic rings. The maximum absolute atomic E-state index is 13.3. The minimum Gasteiger partial charge on any atom is -0.353 e. The Bertz CT molecular complexity index is 726. The van der Waals surface area contributed by atoms with E-state index in [0.717, 1.165) is 44.5 Å². The van der Waals surface area contributed by atoms with Gasteiger partial charge in [0.25, 0.3) is 0 Å². The molecule has 2 aromatic carbocycles. The number of piperidine rings is 1. The Hall–Kier alpha value is -2.20. The third kappa shape index (κ3) is 6.17. The topological polar surface area (TPSA) is 32.3 Å². The molecule has 27 heavy (non-hydrogen) atoms. The summed E-state index contributed by atoms with van der Waals surface area (Å²) in [4.78, 5) is 15.0. The summed E-state index contributed by atoms with van der Waals surface area (Å²) in [5, 5.41) is 3.19. The highest BCUT2D eigenvalue weighted by Crippen LogP contribution is 2.14. The van der Waals surface area contributed by atoms with Crippen LogP contribution in [0.4, 0.5) is 4.39 Å². The molecule has 0 spiro atoms. The largest absolute Gasteiger partial charge is 0.353 e. The Labute approximate surface area is 161 Å². The fraction of sp³-hybridized carbons (Fsp3) is 0.435. The molecular formula is C23H29FN2O. The van der Waals surface area contributed by atoms with Crippen LogP contribution in [-0.4, -0.2) is 36.5 Å². The van der Waals surface area contributed by atoms with E-state index >= 15 is 0 Å². The van der Waals surface area contributed by atoms with Crippen LogP contribution in [0.5, 0.6) is 0 Å². The van der Waals surface area contributed by atoms with Crippen LogP contribution in [0.15, 0.2) is 54.6 Å². The van der Waals surface area contributed by atoms with Crippen molar-refractivity contribution in [1.29, 1.82) is 0 Å². The number of rotatable bonds is 7. The maximum Gasteiger partial charge on any atom is 0.223 e. The summed E-state index contributed by atoms with van der Waals surface area (Å²) in [6.45, 7) is 5.03. The summed E-state index contributed by atoms with van der Waals surface area (Å²) in [5.41, 5.74) is 2.24. The van der Waals surface area contributed by atoms with Crippen LogP contribution >= 0.6 is 0 Å². The fourth-order valence-corrected chi connectivity index (χ4v) is 3.69. The number of hydrogen-bond acceptors (Lipinski definition) is 2. The second-order valence-electron chi connectivity index (χ2n) is 7.60. The van der Waals surface area contributed by atoms with Crippen LogP contribution in [-0.2, 0) is 17.6 Å². The number of nitrogens with one attached hydrogen (secondary N) is 1. The van der Waals surface area contributed by atoms with Gasteiger partial charge in [-0.25, -0.2) is 4.39 Å². The van der Waals surface area contributed by atoms with Crippen molar-refractivity contribution in [3.63, 3.8) is 0 Å².